The molecule has 1 aromatic heterocycles. The van der Waals surface area contributed by atoms with Crippen LogP contribution in [-0.4, -0.2) is 13.4 Å². The van der Waals surface area contributed by atoms with E-state index in [1.807, 2.05) is 11.3 Å². The van der Waals surface area contributed by atoms with Crippen LogP contribution in [0, 0.1) is 0 Å². The molecule has 1 nitrogen and oxygen atoms in total. The molecule has 3 heterocycles. The Balaban J connectivity index is 1.11. The van der Waals surface area contributed by atoms with Crippen LogP contribution in [0.5, 0.6) is 0 Å². The Morgan fingerprint density at radius 1 is 0.449 bits per heavy atom. The molecular weight excluding hydrogens is 608 g/mol. The summed E-state index contributed by atoms with van der Waals surface area (Å²) < 4.78 is 2.66. The molecule has 0 N–H and O–H groups in total. The summed E-state index contributed by atoms with van der Waals surface area (Å²) in [5.74, 6) is 0. The maximum Gasteiger partial charge on any atom is 0.240 e. The van der Waals surface area contributed by atoms with Gasteiger partial charge in [-0.25, -0.2) is 0 Å². The molecule has 0 radical (unpaired) electrons. The fourth-order valence-corrected chi connectivity index (χ4v) is 10.0. The predicted molar refractivity (Wildman–Crippen MR) is 215 cm³/mol. The highest BCUT2D eigenvalue weighted by molar-refractivity contribution is 7.26. The van der Waals surface area contributed by atoms with Gasteiger partial charge < -0.3 is 4.90 Å². The quantitative estimate of drug-likeness (QED) is 0.181. The van der Waals surface area contributed by atoms with E-state index in [1.165, 1.54) is 81.1 Å². The van der Waals surface area contributed by atoms with Gasteiger partial charge in [0.2, 0.25) is 13.4 Å². The van der Waals surface area contributed by atoms with Gasteiger partial charge in [-0.1, -0.05) is 180 Å². The Morgan fingerprint density at radius 3 is 1.51 bits per heavy atom. The average molecular weight is 641 g/mol. The van der Waals surface area contributed by atoms with Crippen LogP contribution < -0.4 is 37.7 Å². The van der Waals surface area contributed by atoms with E-state index in [1.54, 1.807) is 0 Å². The second kappa shape index (κ2) is 10.9. The molecule has 0 bridgehead atoms. The van der Waals surface area contributed by atoms with Crippen LogP contribution in [0.4, 0.5) is 17.1 Å². The number of hydrogen-bond acceptors (Lipinski definition) is 2. The third-order valence-electron chi connectivity index (χ3n) is 11.1. The first-order chi connectivity index (χ1) is 24.1. The third kappa shape index (κ3) is 4.27. The van der Waals surface area contributed by atoms with Gasteiger partial charge in [0.05, 0.1) is 11.4 Å². The van der Waals surface area contributed by atoms with E-state index in [9.17, 15) is 0 Å². The highest BCUT2D eigenvalue weighted by Crippen LogP contribution is 2.52. The van der Waals surface area contributed by atoms with Crippen LogP contribution in [0.2, 0.25) is 0 Å². The van der Waals surface area contributed by atoms with Crippen LogP contribution in [-0.2, 0) is 5.41 Å². The van der Waals surface area contributed by atoms with Crippen molar-refractivity contribution in [1.82, 2.24) is 0 Å². The number of anilines is 3. The average Bonchev–Trinajstić information content (AvgIpc) is 3.51. The lowest BCUT2D eigenvalue weighted by Crippen LogP contribution is -2.74. The van der Waals surface area contributed by atoms with Gasteiger partial charge in [-0.2, -0.15) is 0 Å². The SMILES string of the molecule is CC1(C)c2ccccc2N(c2ccc3c(c2)sc2cc(B4c5ccccc5B(c5ccccc5)c5ccccc54)ccc23)c2ccccc21. The summed E-state index contributed by atoms with van der Waals surface area (Å²) in [5, 5.41) is 2.65. The molecule has 8 aromatic rings. The number of benzene rings is 7. The van der Waals surface area contributed by atoms with Crippen molar-refractivity contribution in [2.24, 2.45) is 0 Å². The monoisotopic (exact) mass is 641 g/mol. The van der Waals surface area contributed by atoms with E-state index in [0.29, 0.717) is 0 Å². The van der Waals surface area contributed by atoms with E-state index in [4.69, 9.17) is 0 Å². The molecule has 49 heavy (non-hydrogen) atoms. The predicted octanol–water partition coefficient (Wildman–Crippen LogP) is 7.51. The Morgan fingerprint density at radius 2 is 0.918 bits per heavy atom. The number of hydrogen-bond donors (Lipinski definition) is 0. The first-order valence-corrected chi connectivity index (χ1v) is 18.1. The van der Waals surface area contributed by atoms with Gasteiger partial charge >= 0.3 is 0 Å². The summed E-state index contributed by atoms with van der Waals surface area (Å²) >= 11 is 1.91. The van der Waals surface area contributed by atoms with Crippen LogP contribution in [0.1, 0.15) is 25.0 Å². The first kappa shape index (κ1) is 28.7. The largest absolute Gasteiger partial charge is 0.310 e. The van der Waals surface area contributed by atoms with E-state index in [0.717, 1.165) is 0 Å². The van der Waals surface area contributed by atoms with Gasteiger partial charge in [0.15, 0.2) is 0 Å². The van der Waals surface area contributed by atoms with Crippen LogP contribution in [0.15, 0.2) is 164 Å². The molecule has 0 unspecified atom stereocenters. The first-order valence-electron chi connectivity index (χ1n) is 17.3. The summed E-state index contributed by atoms with van der Waals surface area (Å²) in [4.78, 5) is 2.46. The molecule has 0 saturated heterocycles. The maximum atomic E-state index is 2.47. The van der Waals surface area contributed by atoms with Gasteiger partial charge in [-0.15, -0.1) is 11.3 Å². The van der Waals surface area contributed by atoms with Crippen molar-refractivity contribution in [3.63, 3.8) is 0 Å². The van der Waals surface area contributed by atoms with Crippen LogP contribution in [0.25, 0.3) is 20.2 Å². The van der Waals surface area contributed by atoms with Crippen molar-refractivity contribution in [2.45, 2.75) is 19.3 Å². The summed E-state index contributed by atoms with van der Waals surface area (Å²) in [6, 6.07) is 61.3. The molecule has 0 amide bonds. The van der Waals surface area contributed by atoms with Crippen molar-refractivity contribution in [3.05, 3.63) is 175 Å². The lowest BCUT2D eigenvalue weighted by atomic mass is 9.21. The number of fused-ring (bicyclic) bond motifs is 7. The van der Waals surface area contributed by atoms with E-state index in [-0.39, 0.29) is 18.8 Å². The lowest BCUT2D eigenvalue weighted by Gasteiger charge is -2.42. The van der Waals surface area contributed by atoms with Gasteiger partial charge in [-0.05, 0) is 41.5 Å². The second-order valence-electron chi connectivity index (χ2n) is 14.1. The van der Waals surface area contributed by atoms with Crippen LogP contribution in [0.3, 0.4) is 0 Å². The standard InChI is InChI=1S/C45H33B2NS/c1-45(2)35-16-6-12-22-41(35)48(42-23-13-7-17-36(42)45)32-25-27-34-33-26-24-31(28-43(33)49-44(34)29-32)47-39-20-10-8-18-37(39)46(30-14-4-3-5-15-30)38-19-9-11-21-40(38)47/h3-29H,1-2H3. The fourth-order valence-electron chi connectivity index (χ4n) is 8.82. The molecule has 2 aliphatic heterocycles. The molecular formula is C45H33B2NS. The minimum Gasteiger partial charge on any atom is -0.310 e. The highest BCUT2D eigenvalue weighted by Gasteiger charge is 2.39. The Bertz CT molecular complexity index is 2470. The smallest absolute Gasteiger partial charge is 0.240 e. The van der Waals surface area contributed by atoms with E-state index >= 15 is 0 Å². The molecule has 10 rings (SSSR count). The van der Waals surface area contributed by atoms with Crippen LogP contribution >= 0.6 is 11.3 Å². The van der Waals surface area contributed by atoms with Gasteiger partial charge in [0.25, 0.3) is 0 Å². The molecule has 0 fully saturated rings. The third-order valence-corrected chi connectivity index (χ3v) is 12.2. The molecule has 4 heteroatoms. The fraction of sp³-hybridized carbons (Fsp3) is 0.0667. The number of thiophene rings is 1. The number of rotatable bonds is 3. The molecule has 230 valence electrons. The minimum atomic E-state index is -0.0702. The van der Waals surface area contributed by atoms with E-state index < -0.39 is 0 Å². The van der Waals surface area contributed by atoms with Crippen molar-refractivity contribution in [3.8, 4) is 0 Å². The van der Waals surface area contributed by atoms with Crippen molar-refractivity contribution in [2.75, 3.05) is 4.90 Å². The normalized spacial score (nSPS) is 14.4. The topological polar surface area (TPSA) is 3.24 Å². The van der Waals surface area contributed by atoms with Crippen molar-refractivity contribution in [1.29, 1.82) is 0 Å². The van der Waals surface area contributed by atoms with E-state index in [2.05, 4.69) is 183 Å². The number of para-hydroxylation sites is 2. The Hall–Kier alpha value is -5.31. The Kier molecular flexibility index (Phi) is 6.35. The molecule has 7 aromatic carbocycles. The zero-order chi connectivity index (χ0) is 32.7. The molecule has 0 atom stereocenters. The Labute approximate surface area is 292 Å². The zero-order valence-corrected chi connectivity index (χ0v) is 28.4. The summed E-state index contributed by atoms with van der Waals surface area (Å²) in [6.07, 6.45) is 0. The number of nitrogens with zero attached hydrogens (tertiary/aromatic N) is 1. The van der Waals surface area contributed by atoms with Gasteiger partial charge in [0.1, 0.15) is 0 Å². The highest BCUT2D eigenvalue weighted by atomic mass is 32.1. The van der Waals surface area contributed by atoms with Crippen molar-refractivity contribution < 1.29 is 0 Å². The zero-order valence-electron chi connectivity index (χ0n) is 27.6. The lowest BCUT2D eigenvalue weighted by molar-refractivity contribution is 0.632. The minimum absolute atomic E-state index is 0.0702. The summed E-state index contributed by atoms with van der Waals surface area (Å²) in [5.41, 5.74) is 14.7. The van der Waals surface area contributed by atoms with Crippen molar-refractivity contribution >= 4 is 94.8 Å². The summed E-state index contributed by atoms with van der Waals surface area (Å²) in [7, 11) is 0. The maximum absolute atomic E-state index is 2.47. The molecule has 0 aliphatic carbocycles. The molecule has 0 saturated carbocycles. The van der Waals surface area contributed by atoms with Gasteiger partial charge in [-0.3, -0.25) is 0 Å². The molecule has 0 spiro atoms. The molecule has 2 aliphatic rings. The second-order valence-corrected chi connectivity index (χ2v) is 15.2. The van der Waals surface area contributed by atoms with Gasteiger partial charge in [0, 0.05) is 31.3 Å². The summed E-state index contributed by atoms with van der Waals surface area (Å²) in [6.45, 7) is 5.11.